The minimum Gasteiger partial charge on any atom is -0.550 e. The Hall–Kier alpha value is -4.93. The molecule has 1 atom stereocenters. The molecule has 3 aromatic carbocycles. The van der Waals surface area contributed by atoms with Gasteiger partial charge in [0.1, 0.15) is 12.5 Å². The number of nitrogens with zero attached hydrogens (tertiary/aromatic N) is 1. The molecule has 194 valence electrons. The SMILES string of the molecule is O=C1CCC(N2C(=O)c3cccc(CNC(=O)c4cccc5c4OB(c4ccccc4)CO5)c3C2=O)C(=O)N1. The minimum atomic E-state index is -1.07. The van der Waals surface area contributed by atoms with E-state index in [9.17, 15) is 24.0 Å². The highest BCUT2D eigenvalue weighted by Gasteiger charge is 2.45. The highest BCUT2D eigenvalue weighted by Crippen LogP contribution is 2.35. The fourth-order valence-corrected chi connectivity index (χ4v) is 5.11. The lowest BCUT2D eigenvalue weighted by Gasteiger charge is -2.27. The summed E-state index contributed by atoms with van der Waals surface area (Å²) in [6, 6.07) is 18.3. The summed E-state index contributed by atoms with van der Waals surface area (Å²) in [4.78, 5) is 64.5. The summed E-state index contributed by atoms with van der Waals surface area (Å²) < 4.78 is 12.0. The zero-order chi connectivity index (χ0) is 27.1. The van der Waals surface area contributed by atoms with E-state index in [1.54, 1.807) is 30.3 Å². The van der Waals surface area contributed by atoms with E-state index < -0.39 is 35.6 Å². The second-order valence-electron chi connectivity index (χ2n) is 9.43. The van der Waals surface area contributed by atoms with Gasteiger partial charge in [-0.15, -0.1) is 0 Å². The number of benzene rings is 3. The Labute approximate surface area is 223 Å². The maximum absolute atomic E-state index is 13.3. The van der Waals surface area contributed by atoms with Crippen molar-refractivity contribution in [2.75, 3.05) is 6.51 Å². The third-order valence-electron chi connectivity index (χ3n) is 7.04. The molecule has 1 unspecified atom stereocenters. The smallest absolute Gasteiger partial charge is 0.430 e. The highest BCUT2D eigenvalue weighted by atomic mass is 16.5. The number of ether oxygens (including phenoxy) is 1. The van der Waals surface area contributed by atoms with E-state index in [1.807, 2.05) is 30.3 Å². The van der Waals surface area contributed by atoms with Crippen molar-refractivity contribution in [3.63, 3.8) is 0 Å². The van der Waals surface area contributed by atoms with Crippen LogP contribution in [-0.2, 0) is 16.1 Å². The molecule has 2 N–H and O–H groups in total. The molecule has 0 spiro atoms. The number of carbonyl (C=O) groups is 5. The zero-order valence-electron chi connectivity index (χ0n) is 20.6. The van der Waals surface area contributed by atoms with Crippen LogP contribution in [0.2, 0.25) is 0 Å². The summed E-state index contributed by atoms with van der Waals surface area (Å²) in [6.07, 6.45) is 0.0956. The van der Waals surface area contributed by atoms with Gasteiger partial charge in [0.25, 0.3) is 17.7 Å². The van der Waals surface area contributed by atoms with Crippen LogP contribution in [0.1, 0.15) is 49.5 Å². The number of rotatable bonds is 5. The van der Waals surface area contributed by atoms with Crippen molar-refractivity contribution in [3.05, 3.63) is 89.0 Å². The minimum absolute atomic E-state index is 0.0328. The van der Waals surface area contributed by atoms with E-state index >= 15 is 0 Å². The fraction of sp³-hybridized carbons (Fsp3) is 0.179. The molecule has 0 radical (unpaired) electrons. The third-order valence-corrected chi connectivity index (χ3v) is 7.04. The van der Waals surface area contributed by atoms with Crippen LogP contribution in [0.4, 0.5) is 0 Å². The summed E-state index contributed by atoms with van der Waals surface area (Å²) >= 11 is 0. The molecule has 0 bridgehead atoms. The fourth-order valence-electron chi connectivity index (χ4n) is 5.11. The van der Waals surface area contributed by atoms with Gasteiger partial charge < -0.3 is 14.7 Å². The van der Waals surface area contributed by atoms with E-state index in [0.29, 0.717) is 23.6 Å². The van der Waals surface area contributed by atoms with Gasteiger partial charge in [-0.05, 0) is 35.6 Å². The van der Waals surface area contributed by atoms with Crippen LogP contribution in [0.15, 0.2) is 66.7 Å². The maximum atomic E-state index is 13.3. The van der Waals surface area contributed by atoms with Crippen LogP contribution in [-0.4, -0.2) is 53.9 Å². The Balaban J connectivity index is 1.21. The molecule has 0 aliphatic carbocycles. The predicted molar refractivity (Wildman–Crippen MR) is 139 cm³/mol. The molecule has 5 amide bonds. The summed E-state index contributed by atoms with van der Waals surface area (Å²) in [5.41, 5.74) is 1.90. The molecule has 11 heteroatoms. The molecule has 1 saturated heterocycles. The monoisotopic (exact) mass is 523 g/mol. The quantitative estimate of drug-likeness (QED) is 0.380. The average Bonchev–Trinajstić information content (AvgIpc) is 3.21. The Morgan fingerprint density at radius 2 is 1.77 bits per heavy atom. The zero-order valence-corrected chi connectivity index (χ0v) is 20.6. The lowest BCUT2D eigenvalue weighted by Crippen LogP contribution is -2.54. The third kappa shape index (κ3) is 4.31. The number of amides is 5. The van der Waals surface area contributed by atoms with Crippen molar-refractivity contribution in [2.45, 2.75) is 25.4 Å². The number of carbonyl (C=O) groups excluding carboxylic acids is 5. The summed E-state index contributed by atoms with van der Waals surface area (Å²) in [6.45, 7) is -0.124. The number of piperidine rings is 1. The van der Waals surface area contributed by atoms with Gasteiger partial charge in [0, 0.05) is 13.0 Å². The first kappa shape index (κ1) is 24.4. The summed E-state index contributed by atoms with van der Waals surface area (Å²) in [7, 11) is 0. The second kappa shape index (κ2) is 9.75. The van der Waals surface area contributed by atoms with Crippen molar-refractivity contribution < 1.29 is 33.4 Å². The summed E-state index contributed by atoms with van der Waals surface area (Å²) in [5, 5.41) is 5.00. The van der Waals surface area contributed by atoms with E-state index in [2.05, 4.69) is 10.6 Å². The van der Waals surface area contributed by atoms with Crippen molar-refractivity contribution in [3.8, 4) is 11.5 Å². The lowest BCUT2D eigenvalue weighted by molar-refractivity contribution is -0.136. The largest absolute Gasteiger partial charge is 0.550 e. The first-order chi connectivity index (χ1) is 18.9. The van der Waals surface area contributed by atoms with Crippen LogP contribution in [0.5, 0.6) is 11.5 Å². The van der Waals surface area contributed by atoms with Gasteiger partial charge in [0.15, 0.2) is 11.5 Å². The Kier molecular flexibility index (Phi) is 6.10. The molecular weight excluding hydrogens is 501 g/mol. The van der Waals surface area contributed by atoms with Gasteiger partial charge in [0.2, 0.25) is 11.8 Å². The van der Waals surface area contributed by atoms with Gasteiger partial charge in [-0.1, -0.05) is 48.5 Å². The Bertz CT molecular complexity index is 1540. The van der Waals surface area contributed by atoms with Crippen LogP contribution < -0.4 is 25.5 Å². The molecule has 10 nitrogen and oxygen atoms in total. The predicted octanol–water partition coefficient (Wildman–Crippen LogP) is 1.23. The number of hydrogen-bond donors (Lipinski definition) is 2. The van der Waals surface area contributed by atoms with Crippen molar-refractivity contribution >= 4 is 41.9 Å². The number of nitrogens with one attached hydrogen (secondary N) is 2. The molecule has 3 aliphatic heterocycles. The van der Waals surface area contributed by atoms with Crippen molar-refractivity contribution in [1.29, 1.82) is 0 Å². The topological polar surface area (TPSA) is 131 Å². The molecule has 3 aliphatic rings. The molecule has 39 heavy (non-hydrogen) atoms. The number of hydrogen-bond acceptors (Lipinski definition) is 7. The van der Waals surface area contributed by atoms with Gasteiger partial charge in [-0.25, -0.2) is 0 Å². The molecule has 6 rings (SSSR count). The first-order valence-electron chi connectivity index (χ1n) is 12.5. The van der Waals surface area contributed by atoms with Gasteiger partial charge >= 0.3 is 6.92 Å². The number of imide groups is 2. The molecule has 1 fully saturated rings. The first-order valence-corrected chi connectivity index (χ1v) is 12.5. The van der Waals surface area contributed by atoms with E-state index in [-0.39, 0.29) is 43.0 Å². The number of para-hydroxylation sites is 1. The lowest BCUT2D eigenvalue weighted by atomic mass is 9.61. The van der Waals surface area contributed by atoms with E-state index in [0.717, 1.165) is 10.4 Å². The normalized spacial score (nSPS) is 18.1. The van der Waals surface area contributed by atoms with Crippen LogP contribution in [0.3, 0.4) is 0 Å². The van der Waals surface area contributed by atoms with Crippen molar-refractivity contribution in [1.82, 2.24) is 15.5 Å². The molecule has 0 saturated carbocycles. The van der Waals surface area contributed by atoms with E-state index in [4.69, 9.17) is 9.39 Å². The molecule has 0 aromatic heterocycles. The molecule has 3 aromatic rings. The van der Waals surface area contributed by atoms with Crippen molar-refractivity contribution in [2.24, 2.45) is 0 Å². The van der Waals surface area contributed by atoms with Gasteiger partial charge in [-0.2, -0.15) is 0 Å². The Morgan fingerprint density at radius 3 is 2.56 bits per heavy atom. The molecular formula is C28H22BN3O7. The summed E-state index contributed by atoms with van der Waals surface area (Å²) in [5.74, 6) is -2.02. The van der Waals surface area contributed by atoms with Crippen LogP contribution >= 0.6 is 0 Å². The standard InChI is InChI=1S/C28H22BN3O7/c33-22-13-12-20(26(35)31-22)32-27(36)18-9-4-6-16(23(18)28(32)37)14-30-25(34)19-10-5-11-21-24(19)39-29(15-38-21)17-7-2-1-3-8-17/h1-11,20H,12-15H2,(H,30,34)(H,31,33,35). The second-order valence-corrected chi connectivity index (χ2v) is 9.43. The maximum Gasteiger partial charge on any atom is 0.430 e. The average molecular weight is 523 g/mol. The van der Waals surface area contributed by atoms with E-state index in [1.165, 1.54) is 6.07 Å². The van der Waals surface area contributed by atoms with Crippen LogP contribution in [0.25, 0.3) is 0 Å². The number of fused-ring (bicyclic) bond motifs is 2. The van der Waals surface area contributed by atoms with Gasteiger partial charge in [0.05, 0.1) is 16.7 Å². The highest BCUT2D eigenvalue weighted by molar-refractivity contribution is 6.68. The molecule has 3 heterocycles. The van der Waals surface area contributed by atoms with Crippen LogP contribution in [0, 0.1) is 0 Å². The Morgan fingerprint density at radius 1 is 0.974 bits per heavy atom. The van der Waals surface area contributed by atoms with Gasteiger partial charge in [-0.3, -0.25) is 34.2 Å².